The van der Waals surface area contributed by atoms with Gasteiger partial charge in [0.15, 0.2) is 0 Å². The Kier molecular flexibility index (Phi) is 2.07. The van der Waals surface area contributed by atoms with E-state index in [1.165, 1.54) is 6.42 Å². The molecule has 0 saturated heterocycles. The van der Waals surface area contributed by atoms with Crippen LogP contribution in [0.1, 0.15) is 53.9 Å². The van der Waals surface area contributed by atoms with Crippen LogP contribution >= 0.6 is 0 Å². The van der Waals surface area contributed by atoms with Crippen LogP contribution in [0.25, 0.3) is 0 Å². The van der Waals surface area contributed by atoms with E-state index in [4.69, 9.17) is 0 Å². The van der Waals surface area contributed by atoms with Crippen LogP contribution in [-0.2, 0) is 0 Å². The first-order chi connectivity index (χ1) is 5.21. The Morgan fingerprint density at radius 2 is 1.58 bits per heavy atom. The largest absolute Gasteiger partial charge is 0.389 e. The Morgan fingerprint density at radius 1 is 1.08 bits per heavy atom. The summed E-state index contributed by atoms with van der Waals surface area (Å²) in [5.41, 5.74) is -0.377. The molecule has 1 aliphatic rings. The highest BCUT2D eigenvalue weighted by Gasteiger charge is 2.54. The predicted octanol–water partition coefficient (Wildman–Crippen LogP) is 2.97. The summed E-state index contributed by atoms with van der Waals surface area (Å²) in [6.45, 7) is 10.8. The summed E-state index contributed by atoms with van der Waals surface area (Å²) in [7, 11) is 0. The maximum atomic E-state index is 10.6. The molecule has 0 heterocycles. The average Bonchev–Trinajstić information content (AvgIpc) is 2.07. The van der Waals surface area contributed by atoms with E-state index in [1.807, 2.05) is 0 Å². The molecule has 0 amide bonds. The molecule has 0 aromatic carbocycles. The van der Waals surface area contributed by atoms with Crippen molar-refractivity contribution in [3.8, 4) is 0 Å². The van der Waals surface area contributed by atoms with Crippen LogP contribution in [0.2, 0.25) is 0 Å². The first-order valence-electron chi connectivity index (χ1n) is 4.93. The van der Waals surface area contributed by atoms with Crippen molar-refractivity contribution in [1.82, 2.24) is 0 Å². The smallest absolute Gasteiger partial charge is 0.0746 e. The Balaban J connectivity index is 2.98. The van der Waals surface area contributed by atoms with Gasteiger partial charge in [-0.05, 0) is 30.1 Å². The van der Waals surface area contributed by atoms with Gasteiger partial charge in [-0.25, -0.2) is 0 Å². The van der Waals surface area contributed by atoms with Gasteiger partial charge < -0.3 is 5.11 Å². The lowest BCUT2D eigenvalue weighted by Gasteiger charge is -2.46. The second-order valence-electron chi connectivity index (χ2n) is 5.85. The number of hydrogen-bond acceptors (Lipinski definition) is 1. The van der Waals surface area contributed by atoms with Gasteiger partial charge in [-0.2, -0.15) is 0 Å². The molecular weight excluding hydrogens is 148 g/mol. The summed E-state index contributed by atoms with van der Waals surface area (Å²) in [6.07, 6.45) is 3.28. The summed E-state index contributed by atoms with van der Waals surface area (Å²) in [4.78, 5) is 0. The lowest BCUT2D eigenvalue weighted by atomic mass is 9.64. The standard InChI is InChI=1S/C11H22O/c1-9(2,3)11(12)8-6-7-10(11,4)5/h12H,6-8H2,1-5H3. The highest BCUT2D eigenvalue weighted by atomic mass is 16.3. The molecule has 1 heteroatoms. The topological polar surface area (TPSA) is 20.2 Å². The zero-order valence-corrected chi connectivity index (χ0v) is 9.07. The molecular formula is C11H22O. The first kappa shape index (κ1) is 10.0. The molecule has 1 saturated carbocycles. The predicted molar refractivity (Wildman–Crippen MR) is 52.0 cm³/mol. The summed E-state index contributed by atoms with van der Waals surface area (Å²) in [5, 5.41) is 10.6. The lowest BCUT2D eigenvalue weighted by molar-refractivity contribution is -0.123. The van der Waals surface area contributed by atoms with E-state index in [0.29, 0.717) is 0 Å². The molecule has 0 bridgehead atoms. The van der Waals surface area contributed by atoms with Crippen molar-refractivity contribution in [3.63, 3.8) is 0 Å². The van der Waals surface area contributed by atoms with Crippen molar-refractivity contribution >= 4 is 0 Å². The van der Waals surface area contributed by atoms with Crippen molar-refractivity contribution in [3.05, 3.63) is 0 Å². The van der Waals surface area contributed by atoms with Crippen LogP contribution in [0.5, 0.6) is 0 Å². The molecule has 1 rings (SSSR count). The summed E-state index contributed by atoms with van der Waals surface area (Å²) in [6, 6.07) is 0. The van der Waals surface area contributed by atoms with Gasteiger partial charge in [0.05, 0.1) is 5.60 Å². The highest BCUT2D eigenvalue weighted by Crippen LogP contribution is 2.54. The molecule has 12 heavy (non-hydrogen) atoms. The van der Waals surface area contributed by atoms with E-state index >= 15 is 0 Å². The average molecular weight is 170 g/mol. The fourth-order valence-electron chi connectivity index (χ4n) is 2.72. The molecule has 0 radical (unpaired) electrons. The fraction of sp³-hybridized carbons (Fsp3) is 1.00. The zero-order chi connectivity index (χ0) is 9.62. The molecule has 1 N–H and O–H groups in total. The van der Waals surface area contributed by atoms with Crippen molar-refractivity contribution in [2.24, 2.45) is 10.8 Å². The second-order valence-corrected chi connectivity index (χ2v) is 5.85. The molecule has 0 spiro atoms. The lowest BCUT2D eigenvalue weighted by Crippen LogP contribution is -2.50. The molecule has 1 fully saturated rings. The van der Waals surface area contributed by atoms with E-state index < -0.39 is 5.60 Å². The van der Waals surface area contributed by atoms with E-state index in [2.05, 4.69) is 34.6 Å². The number of hydrogen-bond donors (Lipinski definition) is 1. The highest BCUT2D eigenvalue weighted by molar-refractivity contribution is 5.05. The quantitative estimate of drug-likeness (QED) is 0.592. The Labute approximate surface area is 76.2 Å². The Hall–Kier alpha value is -0.0400. The van der Waals surface area contributed by atoms with E-state index in [9.17, 15) is 5.11 Å². The van der Waals surface area contributed by atoms with Crippen molar-refractivity contribution in [1.29, 1.82) is 0 Å². The molecule has 0 aromatic rings. The molecule has 0 aromatic heterocycles. The number of rotatable bonds is 0. The Morgan fingerprint density at radius 3 is 1.75 bits per heavy atom. The summed E-state index contributed by atoms with van der Waals surface area (Å²) >= 11 is 0. The molecule has 1 aliphatic carbocycles. The van der Waals surface area contributed by atoms with Gasteiger partial charge in [0.2, 0.25) is 0 Å². The van der Waals surface area contributed by atoms with Gasteiger partial charge in [0, 0.05) is 0 Å². The van der Waals surface area contributed by atoms with Crippen molar-refractivity contribution < 1.29 is 5.11 Å². The van der Waals surface area contributed by atoms with Gasteiger partial charge in [-0.3, -0.25) is 0 Å². The van der Waals surface area contributed by atoms with Gasteiger partial charge in [0.25, 0.3) is 0 Å². The van der Waals surface area contributed by atoms with Crippen molar-refractivity contribution in [2.75, 3.05) is 0 Å². The van der Waals surface area contributed by atoms with Gasteiger partial charge >= 0.3 is 0 Å². The Bertz CT molecular complexity index is 176. The third-order valence-electron chi connectivity index (χ3n) is 3.70. The van der Waals surface area contributed by atoms with E-state index in [1.54, 1.807) is 0 Å². The minimum Gasteiger partial charge on any atom is -0.389 e. The normalized spacial score (nSPS) is 35.5. The second kappa shape index (κ2) is 2.47. The number of aliphatic hydroxyl groups is 1. The SMILES string of the molecule is CC(C)(C)C1(O)CCCC1(C)C. The molecule has 1 unspecified atom stereocenters. The minimum absolute atomic E-state index is 0.00694. The molecule has 1 nitrogen and oxygen atoms in total. The van der Waals surface area contributed by atoms with Crippen LogP contribution in [-0.4, -0.2) is 10.7 Å². The van der Waals surface area contributed by atoms with Gasteiger partial charge in [-0.1, -0.05) is 34.6 Å². The van der Waals surface area contributed by atoms with Crippen LogP contribution in [0.3, 0.4) is 0 Å². The summed E-state index contributed by atoms with van der Waals surface area (Å²) in [5.74, 6) is 0. The maximum absolute atomic E-state index is 10.6. The van der Waals surface area contributed by atoms with Crippen molar-refractivity contribution in [2.45, 2.75) is 59.5 Å². The summed E-state index contributed by atoms with van der Waals surface area (Å²) < 4.78 is 0. The third kappa shape index (κ3) is 1.19. The van der Waals surface area contributed by atoms with Gasteiger partial charge in [0.1, 0.15) is 0 Å². The minimum atomic E-state index is -0.472. The third-order valence-corrected chi connectivity index (χ3v) is 3.70. The van der Waals surface area contributed by atoms with Crippen LogP contribution in [0.15, 0.2) is 0 Å². The first-order valence-corrected chi connectivity index (χ1v) is 4.93. The van der Waals surface area contributed by atoms with Crippen LogP contribution in [0, 0.1) is 10.8 Å². The maximum Gasteiger partial charge on any atom is 0.0746 e. The van der Waals surface area contributed by atoms with Crippen LogP contribution in [0.4, 0.5) is 0 Å². The monoisotopic (exact) mass is 170 g/mol. The van der Waals surface area contributed by atoms with E-state index in [0.717, 1.165) is 12.8 Å². The molecule has 72 valence electrons. The van der Waals surface area contributed by atoms with E-state index in [-0.39, 0.29) is 10.8 Å². The fourth-order valence-corrected chi connectivity index (χ4v) is 2.72. The zero-order valence-electron chi connectivity index (χ0n) is 9.07. The molecule has 0 aliphatic heterocycles. The molecule has 1 atom stereocenters. The van der Waals surface area contributed by atoms with Gasteiger partial charge in [-0.15, -0.1) is 0 Å². The van der Waals surface area contributed by atoms with Crippen LogP contribution < -0.4 is 0 Å².